The van der Waals surface area contributed by atoms with Crippen LogP contribution < -0.4 is 27.7 Å². The molecule has 0 radical (unpaired) electrons. The van der Waals surface area contributed by atoms with E-state index in [4.69, 9.17) is 11.6 Å². The van der Waals surface area contributed by atoms with Gasteiger partial charge < -0.3 is 16.5 Å². The average molecular weight is 412 g/mol. The minimum Gasteiger partial charge on any atom is -0.369 e. The maximum absolute atomic E-state index is 15.1. The van der Waals surface area contributed by atoms with Crippen molar-refractivity contribution in [3.63, 3.8) is 0 Å². The highest BCUT2D eigenvalue weighted by molar-refractivity contribution is 5.87. The van der Waals surface area contributed by atoms with Crippen LogP contribution in [-0.4, -0.2) is 28.9 Å². The Balaban J connectivity index is 0.00000225. The number of benzene rings is 1. The minimum absolute atomic E-state index is 0. The molecule has 0 amide bonds. The highest BCUT2D eigenvalue weighted by Gasteiger charge is 2.31. The maximum Gasteiger partial charge on any atom is 0.350 e. The van der Waals surface area contributed by atoms with Gasteiger partial charge in [0, 0.05) is 24.7 Å². The van der Waals surface area contributed by atoms with Gasteiger partial charge in [0.25, 0.3) is 5.56 Å². The zero-order valence-corrected chi connectivity index (χ0v) is 16.8. The molecule has 28 heavy (non-hydrogen) atoms. The van der Waals surface area contributed by atoms with Gasteiger partial charge in [-0.3, -0.25) is 9.36 Å². The van der Waals surface area contributed by atoms with Crippen molar-refractivity contribution in [3.05, 3.63) is 38.3 Å². The first-order valence-corrected chi connectivity index (χ1v) is 9.64. The van der Waals surface area contributed by atoms with E-state index in [0.29, 0.717) is 33.9 Å². The molecule has 2 heterocycles. The van der Waals surface area contributed by atoms with Crippen LogP contribution in [0.4, 0.5) is 10.1 Å². The molecule has 154 valence electrons. The Morgan fingerprint density at radius 3 is 2.61 bits per heavy atom. The van der Waals surface area contributed by atoms with E-state index in [0.717, 1.165) is 45.2 Å². The van der Waals surface area contributed by atoms with Crippen LogP contribution in [0.2, 0.25) is 0 Å². The first-order valence-electron chi connectivity index (χ1n) is 9.64. The largest absolute Gasteiger partial charge is 0.369 e. The Morgan fingerprint density at radius 1 is 1.25 bits per heavy atom. The first kappa shape index (κ1) is 20.7. The number of nitrogens with two attached hydrogens (primary N) is 2. The number of nitrogens with zero attached hydrogens (tertiary/aromatic N) is 3. The number of piperidine rings is 1. The Morgan fingerprint density at radius 2 is 1.96 bits per heavy atom. The Kier molecular flexibility index (Phi) is 5.72. The van der Waals surface area contributed by atoms with Crippen molar-refractivity contribution in [2.75, 3.05) is 30.4 Å². The molecule has 1 aromatic heterocycles. The van der Waals surface area contributed by atoms with Crippen molar-refractivity contribution < 1.29 is 4.39 Å². The number of nitrogen functional groups attached to an aromatic ring is 1. The second-order valence-electron chi connectivity index (χ2n) is 7.82. The lowest BCUT2D eigenvalue weighted by atomic mass is 9.93. The summed E-state index contributed by atoms with van der Waals surface area (Å²) in [5, 5.41) is 0.165. The fraction of sp³-hybridized carbons (Fsp3) is 0.579. The van der Waals surface area contributed by atoms with Gasteiger partial charge in [-0.1, -0.05) is 0 Å². The van der Waals surface area contributed by atoms with Gasteiger partial charge in [-0.05, 0) is 57.6 Å². The van der Waals surface area contributed by atoms with Crippen molar-refractivity contribution in [2.45, 2.75) is 45.1 Å². The summed E-state index contributed by atoms with van der Waals surface area (Å²) in [6.45, 7) is 3.91. The molecule has 1 saturated carbocycles. The number of aryl methyl sites for hydroxylation is 1. The summed E-state index contributed by atoms with van der Waals surface area (Å²) in [4.78, 5) is 27.2. The number of hydrogen-bond donors (Lipinski definition) is 2. The highest BCUT2D eigenvalue weighted by Crippen LogP contribution is 2.39. The number of rotatable bonds is 4. The SMILES string of the molecule is Cc1c(N2CCCC(CCN)C2)c(F)cc2c(=O)n(N)c(=O)n(C3CC3)c12.Cl. The van der Waals surface area contributed by atoms with Gasteiger partial charge in [0.2, 0.25) is 0 Å². The van der Waals surface area contributed by atoms with Crippen molar-refractivity contribution >= 4 is 29.0 Å². The Labute approximate surface area is 168 Å². The second-order valence-corrected chi connectivity index (χ2v) is 7.82. The third-order valence-electron chi connectivity index (χ3n) is 5.89. The van der Waals surface area contributed by atoms with E-state index in [1.54, 1.807) is 11.5 Å². The van der Waals surface area contributed by atoms with Gasteiger partial charge in [-0.2, -0.15) is 4.68 Å². The molecule has 7 nitrogen and oxygen atoms in total. The topological polar surface area (TPSA) is 99.3 Å². The molecule has 1 aliphatic heterocycles. The third kappa shape index (κ3) is 3.28. The van der Waals surface area contributed by atoms with E-state index in [1.807, 2.05) is 4.90 Å². The summed E-state index contributed by atoms with van der Waals surface area (Å²) >= 11 is 0. The molecular formula is C19H27ClFN5O2. The van der Waals surface area contributed by atoms with E-state index in [-0.39, 0.29) is 23.8 Å². The van der Waals surface area contributed by atoms with Crippen LogP contribution >= 0.6 is 12.4 Å². The molecule has 2 aromatic rings. The summed E-state index contributed by atoms with van der Waals surface area (Å²) in [6, 6.07) is 1.27. The van der Waals surface area contributed by atoms with Gasteiger partial charge in [0.1, 0.15) is 5.82 Å². The summed E-state index contributed by atoms with van der Waals surface area (Å²) in [6.07, 6.45) is 4.70. The van der Waals surface area contributed by atoms with Crippen LogP contribution in [0.1, 0.15) is 43.7 Å². The number of halogens is 2. The standard InChI is InChI=1S/C19H26FN5O2.ClH/c1-11-16-14(18(26)25(22)19(27)24(16)13-4-5-13)9-15(20)17(11)23-8-2-3-12(10-23)6-7-21;/h9,12-13H,2-8,10,21-22H2,1H3;1H. The Hall–Kier alpha value is -2.06. The van der Waals surface area contributed by atoms with E-state index < -0.39 is 17.1 Å². The number of anilines is 1. The van der Waals surface area contributed by atoms with Crippen molar-refractivity contribution in [2.24, 2.45) is 11.7 Å². The van der Waals surface area contributed by atoms with E-state index in [1.165, 1.54) is 6.07 Å². The molecule has 4 N–H and O–H groups in total. The summed E-state index contributed by atoms with van der Waals surface area (Å²) in [5.41, 5.74) is 6.17. The van der Waals surface area contributed by atoms with Crippen molar-refractivity contribution in [1.82, 2.24) is 9.24 Å². The average Bonchev–Trinajstić information content (AvgIpc) is 3.47. The molecule has 2 fully saturated rings. The normalized spacial score (nSPS) is 19.7. The number of aromatic nitrogens is 2. The smallest absolute Gasteiger partial charge is 0.350 e. The molecule has 1 aromatic carbocycles. The molecule has 2 aliphatic rings. The van der Waals surface area contributed by atoms with Crippen LogP contribution in [0, 0.1) is 18.7 Å². The van der Waals surface area contributed by atoms with Crippen LogP contribution in [-0.2, 0) is 0 Å². The lowest BCUT2D eigenvalue weighted by Gasteiger charge is -2.35. The molecule has 4 rings (SSSR count). The van der Waals surface area contributed by atoms with Gasteiger partial charge in [-0.25, -0.2) is 9.18 Å². The van der Waals surface area contributed by atoms with Gasteiger partial charge >= 0.3 is 5.69 Å². The van der Waals surface area contributed by atoms with Crippen molar-refractivity contribution in [3.8, 4) is 0 Å². The molecule has 0 bridgehead atoms. The fourth-order valence-corrected chi connectivity index (χ4v) is 4.46. The predicted octanol–water partition coefficient (Wildman–Crippen LogP) is 1.65. The summed E-state index contributed by atoms with van der Waals surface area (Å²) in [5.74, 6) is 5.67. The quantitative estimate of drug-likeness (QED) is 0.745. The van der Waals surface area contributed by atoms with Crippen LogP contribution in [0.5, 0.6) is 0 Å². The molecular weight excluding hydrogens is 385 g/mol. The molecule has 1 saturated heterocycles. The lowest BCUT2D eigenvalue weighted by molar-refractivity contribution is 0.393. The van der Waals surface area contributed by atoms with E-state index >= 15 is 4.39 Å². The minimum atomic E-state index is -0.653. The monoisotopic (exact) mass is 411 g/mol. The zero-order valence-electron chi connectivity index (χ0n) is 16.0. The van der Waals surface area contributed by atoms with Gasteiger partial charge in [0.15, 0.2) is 0 Å². The fourth-order valence-electron chi connectivity index (χ4n) is 4.46. The van der Waals surface area contributed by atoms with E-state index in [2.05, 4.69) is 0 Å². The molecule has 0 spiro atoms. The molecule has 9 heteroatoms. The van der Waals surface area contributed by atoms with Crippen molar-refractivity contribution in [1.29, 1.82) is 0 Å². The maximum atomic E-state index is 15.1. The zero-order chi connectivity index (χ0) is 19.3. The molecule has 1 aliphatic carbocycles. The molecule has 1 atom stereocenters. The first-order chi connectivity index (χ1) is 12.9. The number of hydrogen-bond acceptors (Lipinski definition) is 5. The number of fused-ring (bicyclic) bond motifs is 1. The second kappa shape index (κ2) is 7.75. The third-order valence-corrected chi connectivity index (χ3v) is 5.89. The van der Waals surface area contributed by atoms with Gasteiger partial charge in [-0.15, -0.1) is 12.4 Å². The Bertz CT molecular complexity index is 1010. The van der Waals surface area contributed by atoms with Crippen LogP contribution in [0.25, 0.3) is 10.9 Å². The highest BCUT2D eigenvalue weighted by atomic mass is 35.5. The van der Waals surface area contributed by atoms with Crippen LogP contribution in [0.3, 0.4) is 0 Å². The molecule has 1 unspecified atom stereocenters. The summed E-state index contributed by atoms with van der Waals surface area (Å²) < 4.78 is 17.3. The van der Waals surface area contributed by atoms with Gasteiger partial charge in [0.05, 0.1) is 16.6 Å². The van der Waals surface area contributed by atoms with E-state index in [9.17, 15) is 9.59 Å². The summed E-state index contributed by atoms with van der Waals surface area (Å²) in [7, 11) is 0. The predicted molar refractivity (Wildman–Crippen MR) is 111 cm³/mol. The van der Waals surface area contributed by atoms with Crippen LogP contribution in [0.15, 0.2) is 15.7 Å². The lowest BCUT2D eigenvalue weighted by Crippen LogP contribution is -2.45.